The molecule has 0 aromatic heterocycles. The number of benzene rings is 1. The first-order chi connectivity index (χ1) is 12.3. The van der Waals surface area contributed by atoms with Gasteiger partial charge in [0.25, 0.3) is 0 Å². The van der Waals surface area contributed by atoms with Crippen molar-refractivity contribution in [2.75, 3.05) is 39.8 Å². The fraction of sp³-hybridized carbons (Fsp3) is 0.389. The van der Waals surface area contributed by atoms with Gasteiger partial charge in [0, 0.05) is 25.2 Å². The normalized spacial score (nSPS) is 13.6. The molecule has 1 aliphatic rings. The van der Waals surface area contributed by atoms with Crippen molar-refractivity contribution in [2.24, 2.45) is 5.73 Å². The van der Waals surface area contributed by atoms with Crippen LogP contribution in [0.2, 0.25) is 0 Å². The largest absolute Gasteiger partial charge is 0.482 e. The molecular weight excluding hydrogens is 336 g/mol. The van der Waals surface area contributed by atoms with Gasteiger partial charge >= 0.3 is 5.97 Å². The minimum atomic E-state index is -1.05. The van der Waals surface area contributed by atoms with Gasteiger partial charge < -0.3 is 20.5 Å². The van der Waals surface area contributed by atoms with Crippen LogP contribution < -0.4 is 10.5 Å². The van der Waals surface area contributed by atoms with Crippen LogP contribution in [-0.4, -0.2) is 72.5 Å². The maximum absolute atomic E-state index is 12.3. The Morgan fingerprint density at radius 2 is 2.04 bits per heavy atom. The molecule has 0 fully saturated rings. The quantitative estimate of drug-likeness (QED) is 0.258. The maximum atomic E-state index is 12.3. The van der Waals surface area contributed by atoms with Crippen LogP contribution in [-0.2, 0) is 4.79 Å². The molecule has 26 heavy (non-hydrogen) atoms. The Labute approximate surface area is 152 Å². The first-order valence-electron chi connectivity index (χ1n) is 8.28. The lowest BCUT2D eigenvalue weighted by molar-refractivity contribution is -0.139. The second kappa shape index (κ2) is 9.00. The van der Waals surface area contributed by atoms with Gasteiger partial charge in [0.15, 0.2) is 18.3 Å². The van der Waals surface area contributed by atoms with Crippen molar-refractivity contribution in [3.05, 3.63) is 41.5 Å². The highest BCUT2D eigenvalue weighted by Crippen LogP contribution is 2.14. The summed E-state index contributed by atoms with van der Waals surface area (Å²) >= 11 is 0. The number of carboxylic acids is 1. The topological polar surface area (TPSA) is 120 Å². The van der Waals surface area contributed by atoms with Gasteiger partial charge in [0.05, 0.1) is 6.54 Å². The van der Waals surface area contributed by atoms with Gasteiger partial charge in [-0.2, -0.15) is 0 Å². The molecule has 0 unspecified atom stereocenters. The summed E-state index contributed by atoms with van der Waals surface area (Å²) in [5.41, 5.74) is 7.25. The molecule has 0 spiro atoms. The monoisotopic (exact) mass is 360 g/mol. The number of Topliss-reactive ketones (excluding diaryl/α,β-unsaturated/α-hetero) is 1. The summed E-state index contributed by atoms with van der Waals surface area (Å²) in [6, 6.07) is 6.46. The fourth-order valence-electron chi connectivity index (χ4n) is 2.61. The molecule has 0 radical (unpaired) electrons. The van der Waals surface area contributed by atoms with E-state index in [1.807, 2.05) is 11.9 Å². The molecular formula is C18H24N4O4. The zero-order valence-corrected chi connectivity index (χ0v) is 14.8. The number of likely N-dealkylation sites (N-methyl/N-ethyl adjacent to an activating group) is 1. The predicted octanol–water partition coefficient (Wildman–Crippen LogP) is 0.790. The Bertz CT molecular complexity index is 700. The van der Waals surface area contributed by atoms with Crippen LogP contribution in [0.15, 0.2) is 35.9 Å². The van der Waals surface area contributed by atoms with Crippen molar-refractivity contribution in [2.45, 2.75) is 6.42 Å². The lowest BCUT2D eigenvalue weighted by Crippen LogP contribution is -2.35. The average Bonchev–Trinajstić information content (AvgIpc) is 3.08. The Kier molecular flexibility index (Phi) is 6.74. The molecule has 1 heterocycles. The number of guanidine groups is 1. The van der Waals surface area contributed by atoms with Crippen LogP contribution in [0.5, 0.6) is 5.75 Å². The van der Waals surface area contributed by atoms with Crippen molar-refractivity contribution in [1.29, 1.82) is 5.41 Å². The lowest BCUT2D eigenvalue weighted by Gasteiger charge is -2.18. The van der Waals surface area contributed by atoms with Gasteiger partial charge in [0.1, 0.15) is 5.75 Å². The number of ketones is 1. The molecule has 140 valence electrons. The van der Waals surface area contributed by atoms with Crippen molar-refractivity contribution in [3.63, 3.8) is 0 Å². The molecule has 1 aromatic carbocycles. The number of nitrogens with two attached hydrogens (primary N) is 1. The SMILES string of the molecule is CN(CCC1=CCN(C(=N)N)C1)CC(=O)c1ccc(OCC(=O)O)cc1. The van der Waals surface area contributed by atoms with Gasteiger partial charge in [-0.25, -0.2) is 4.79 Å². The minimum absolute atomic E-state index is 0.0111. The predicted molar refractivity (Wildman–Crippen MR) is 97.6 cm³/mol. The summed E-state index contributed by atoms with van der Waals surface area (Å²) in [5.74, 6) is -0.560. The molecule has 0 bridgehead atoms. The summed E-state index contributed by atoms with van der Waals surface area (Å²) < 4.78 is 5.05. The highest BCUT2D eigenvalue weighted by atomic mass is 16.5. The van der Waals surface area contributed by atoms with Crippen LogP contribution in [0.4, 0.5) is 0 Å². The number of aliphatic carboxylic acids is 1. The van der Waals surface area contributed by atoms with Crippen LogP contribution in [0, 0.1) is 5.41 Å². The molecule has 8 nitrogen and oxygen atoms in total. The third-order valence-electron chi connectivity index (χ3n) is 4.10. The van der Waals surface area contributed by atoms with Crippen LogP contribution >= 0.6 is 0 Å². The third kappa shape index (κ3) is 5.89. The summed E-state index contributed by atoms with van der Waals surface area (Å²) in [5, 5.41) is 16.0. The second-order valence-electron chi connectivity index (χ2n) is 6.25. The third-order valence-corrected chi connectivity index (χ3v) is 4.10. The molecule has 0 amide bonds. The average molecular weight is 360 g/mol. The Morgan fingerprint density at radius 1 is 1.35 bits per heavy atom. The summed E-state index contributed by atoms with van der Waals surface area (Å²) in [7, 11) is 1.89. The number of hydrogen-bond acceptors (Lipinski definition) is 5. The number of carboxylic acid groups (broad SMARTS) is 1. The molecule has 1 aromatic rings. The van der Waals surface area contributed by atoms with Crippen LogP contribution in [0.25, 0.3) is 0 Å². The van der Waals surface area contributed by atoms with Crippen LogP contribution in [0.1, 0.15) is 16.8 Å². The van der Waals surface area contributed by atoms with Gasteiger partial charge in [0.2, 0.25) is 0 Å². The van der Waals surface area contributed by atoms with Crippen molar-refractivity contribution < 1.29 is 19.4 Å². The lowest BCUT2D eigenvalue weighted by atomic mass is 10.1. The molecule has 2 rings (SSSR count). The second-order valence-corrected chi connectivity index (χ2v) is 6.25. The highest BCUT2D eigenvalue weighted by molar-refractivity contribution is 5.97. The Hall–Kier alpha value is -2.87. The van der Waals surface area contributed by atoms with Crippen molar-refractivity contribution in [3.8, 4) is 5.75 Å². The van der Waals surface area contributed by atoms with E-state index in [2.05, 4.69) is 6.08 Å². The Morgan fingerprint density at radius 3 is 2.62 bits per heavy atom. The van der Waals surface area contributed by atoms with E-state index >= 15 is 0 Å². The number of rotatable bonds is 9. The number of nitrogens with one attached hydrogen (secondary N) is 1. The van der Waals surface area contributed by atoms with Crippen molar-refractivity contribution in [1.82, 2.24) is 9.80 Å². The summed E-state index contributed by atoms with van der Waals surface area (Å²) in [6.07, 6.45) is 2.91. The van der Waals surface area contributed by atoms with E-state index in [0.29, 0.717) is 30.9 Å². The molecule has 0 saturated heterocycles. The number of carbonyl (C=O) groups excluding carboxylic acids is 1. The molecule has 0 aliphatic carbocycles. The van der Waals surface area contributed by atoms with E-state index in [1.165, 1.54) is 5.57 Å². The van der Waals surface area contributed by atoms with Gasteiger partial charge in [-0.05, 0) is 37.7 Å². The zero-order chi connectivity index (χ0) is 19.1. The smallest absolute Gasteiger partial charge is 0.341 e. The Balaban J connectivity index is 1.76. The van der Waals surface area contributed by atoms with E-state index in [1.54, 1.807) is 29.2 Å². The first-order valence-corrected chi connectivity index (χ1v) is 8.28. The molecule has 4 N–H and O–H groups in total. The van der Waals surface area contributed by atoms with E-state index in [4.69, 9.17) is 21.0 Å². The molecule has 8 heteroatoms. The summed E-state index contributed by atoms with van der Waals surface area (Å²) in [6.45, 7) is 1.97. The van der Waals surface area contributed by atoms with E-state index in [-0.39, 0.29) is 11.7 Å². The number of ether oxygens (including phenoxy) is 1. The first kappa shape index (κ1) is 19.5. The van der Waals surface area contributed by atoms with Crippen molar-refractivity contribution >= 4 is 17.7 Å². The number of nitrogens with zero attached hydrogens (tertiary/aromatic N) is 2. The van der Waals surface area contributed by atoms with Crippen LogP contribution in [0.3, 0.4) is 0 Å². The van der Waals surface area contributed by atoms with E-state index in [0.717, 1.165) is 13.0 Å². The molecule has 1 aliphatic heterocycles. The zero-order valence-electron chi connectivity index (χ0n) is 14.8. The summed E-state index contributed by atoms with van der Waals surface area (Å²) in [4.78, 5) is 26.5. The molecule has 0 saturated carbocycles. The van der Waals surface area contributed by atoms with Gasteiger partial charge in [-0.3, -0.25) is 15.1 Å². The van der Waals surface area contributed by atoms with E-state index < -0.39 is 12.6 Å². The minimum Gasteiger partial charge on any atom is -0.482 e. The fourth-order valence-corrected chi connectivity index (χ4v) is 2.61. The number of hydrogen-bond donors (Lipinski definition) is 3. The van der Waals surface area contributed by atoms with Gasteiger partial charge in [-0.15, -0.1) is 0 Å². The highest BCUT2D eigenvalue weighted by Gasteiger charge is 2.16. The molecule has 0 atom stereocenters. The standard InChI is InChI=1S/C18H24N4O4/c1-21(8-6-13-7-9-22(10-13)18(19)20)11-16(23)14-2-4-15(5-3-14)26-12-17(24)25/h2-5,7H,6,8-12H2,1H3,(H3,19,20)(H,24,25). The van der Waals surface area contributed by atoms with E-state index in [9.17, 15) is 9.59 Å². The maximum Gasteiger partial charge on any atom is 0.341 e. The number of carbonyl (C=O) groups is 2. The van der Waals surface area contributed by atoms with Gasteiger partial charge in [-0.1, -0.05) is 11.6 Å².